The molecule has 0 unspecified atom stereocenters. The lowest BCUT2D eigenvalue weighted by atomic mass is 9.95. The molecule has 3 rings (SSSR count). The van der Waals surface area contributed by atoms with Crippen LogP contribution in [0.25, 0.3) is 0 Å². The molecule has 0 saturated carbocycles. The first kappa shape index (κ1) is 15.0. The number of likely N-dealkylation sites (tertiary alicyclic amines) is 2. The minimum absolute atomic E-state index is 0.0215. The second-order valence-corrected chi connectivity index (χ2v) is 5.86. The molecule has 0 bridgehead atoms. The van der Waals surface area contributed by atoms with Crippen molar-refractivity contribution in [1.82, 2.24) is 14.8 Å². The van der Waals surface area contributed by atoms with Gasteiger partial charge < -0.3 is 14.5 Å². The highest BCUT2D eigenvalue weighted by molar-refractivity contribution is 5.81. The molecule has 0 spiro atoms. The number of amides is 2. The van der Waals surface area contributed by atoms with Crippen LogP contribution in [-0.4, -0.2) is 58.9 Å². The standard InChI is InChI=1S/C16H21N3O3/c1-22-11-16(21)18-9-6-14-13(18)2-3-15(20)19(14)10-12-4-7-17-8-5-12/h4-5,7-8,13-14H,2-3,6,9-11H2,1H3/t13-,14-/m0/s1. The third kappa shape index (κ3) is 2.83. The average molecular weight is 303 g/mol. The Kier molecular flexibility index (Phi) is 4.38. The zero-order valence-corrected chi connectivity index (χ0v) is 12.8. The third-order valence-corrected chi connectivity index (χ3v) is 4.58. The van der Waals surface area contributed by atoms with E-state index in [1.807, 2.05) is 21.9 Å². The topological polar surface area (TPSA) is 62.7 Å². The second-order valence-electron chi connectivity index (χ2n) is 5.86. The van der Waals surface area contributed by atoms with Crippen LogP contribution >= 0.6 is 0 Å². The van der Waals surface area contributed by atoms with Gasteiger partial charge >= 0.3 is 0 Å². The van der Waals surface area contributed by atoms with Gasteiger partial charge in [0.25, 0.3) is 0 Å². The molecule has 1 aromatic rings. The number of hydrogen-bond donors (Lipinski definition) is 0. The Bertz CT molecular complexity index is 549. The number of fused-ring (bicyclic) bond motifs is 1. The van der Waals surface area contributed by atoms with E-state index in [0.29, 0.717) is 19.5 Å². The van der Waals surface area contributed by atoms with Crippen molar-refractivity contribution in [2.45, 2.75) is 37.9 Å². The normalized spacial score (nSPS) is 24.5. The van der Waals surface area contributed by atoms with Crippen molar-refractivity contribution in [3.05, 3.63) is 30.1 Å². The number of pyridine rings is 1. The third-order valence-electron chi connectivity index (χ3n) is 4.58. The molecule has 2 fully saturated rings. The highest BCUT2D eigenvalue weighted by Gasteiger charge is 2.44. The van der Waals surface area contributed by atoms with E-state index < -0.39 is 0 Å². The first-order valence-corrected chi connectivity index (χ1v) is 7.67. The molecule has 0 aromatic carbocycles. The molecule has 3 heterocycles. The quantitative estimate of drug-likeness (QED) is 0.826. The molecule has 0 radical (unpaired) electrons. The Hall–Kier alpha value is -1.95. The van der Waals surface area contributed by atoms with Gasteiger partial charge in [-0.05, 0) is 30.5 Å². The summed E-state index contributed by atoms with van der Waals surface area (Å²) in [6.07, 6.45) is 5.58. The van der Waals surface area contributed by atoms with Crippen molar-refractivity contribution in [2.24, 2.45) is 0 Å². The first-order chi connectivity index (χ1) is 10.7. The van der Waals surface area contributed by atoms with Gasteiger partial charge in [0.05, 0.1) is 12.1 Å². The molecule has 118 valence electrons. The zero-order chi connectivity index (χ0) is 15.5. The number of ether oxygens (including phenoxy) is 1. The second kappa shape index (κ2) is 6.44. The van der Waals surface area contributed by atoms with E-state index in [0.717, 1.165) is 18.4 Å². The lowest BCUT2D eigenvalue weighted by Crippen LogP contribution is -2.53. The monoisotopic (exact) mass is 303 g/mol. The van der Waals surface area contributed by atoms with Crippen LogP contribution in [0.5, 0.6) is 0 Å². The fraction of sp³-hybridized carbons (Fsp3) is 0.562. The maximum absolute atomic E-state index is 12.3. The smallest absolute Gasteiger partial charge is 0.248 e. The molecule has 6 nitrogen and oxygen atoms in total. The summed E-state index contributed by atoms with van der Waals surface area (Å²) >= 11 is 0. The van der Waals surface area contributed by atoms with Crippen molar-refractivity contribution in [3.8, 4) is 0 Å². The highest BCUT2D eigenvalue weighted by atomic mass is 16.5. The molecule has 1 aromatic heterocycles. The molecule has 2 aliphatic rings. The summed E-state index contributed by atoms with van der Waals surface area (Å²) in [5.41, 5.74) is 1.07. The van der Waals surface area contributed by atoms with Gasteiger partial charge in [0, 0.05) is 39.0 Å². The molecule has 2 aliphatic heterocycles. The Morgan fingerprint density at radius 2 is 2.09 bits per heavy atom. The number of aromatic nitrogens is 1. The summed E-state index contributed by atoms with van der Waals surface area (Å²) < 4.78 is 4.96. The summed E-state index contributed by atoms with van der Waals surface area (Å²) in [4.78, 5) is 32.3. The van der Waals surface area contributed by atoms with Gasteiger partial charge in [0.2, 0.25) is 11.8 Å². The van der Waals surface area contributed by atoms with Crippen LogP contribution in [0, 0.1) is 0 Å². The van der Waals surface area contributed by atoms with E-state index in [-0.39, 0.29) is 30.5 Å². The van der Waals surface area contributed by atoms with Gasteiger partial charge in [-0.15, -0.1) is 0 Å². The predicted octanol–water partition coefficient (Wildman–Crippen LogP) is 0.820. The fourth-order valence-electron chi connectivity index (χ4n) is 3.56. The molecule has 6 heteroatoms. The number of methoxy groups -OCH3 is 1. The molecule has 0 aliphatic carbocycles. The molecule has 0 N–H and O–H groups in total. The average Bonchev–Trinajstić information content (AvgIpc) is 2.96. The van der Waals surface area contributed by atoms with Crippen molar-refractivity contribution >= 4 is 11.8 Å². The van der Waals surface area contributed by atoms with E-state index in [1.54, 1.807) is 12.4 Å². The number of nitrogens with zero attached hydrogens (tertiary/aromatic N) is 3. The Morgan fingerprint density at radius 3 is 2.82 bits per heavy atom. The van der Waals surface area contributed by atoms with Crippen LogP contribution in [0.15, 0.2) is 24.5 Å². The summed E-state index contributed by atoms with van der Waals surface area (Å²) in [6.45, 7) is 1.41. The van der Waals surface area contributed by atoms with E-state index in [1.165, 1.54) is 7.11 Å². The van der Waals surface area contributed by atoms with Gasteiger partial charge in [-0.2, -0.15) is 0 Å². The first-order valence-electron chi connectivity index (χ1n) is 7.67. The van der Waals surface area contributed by atoms with Crippen molar-refractivity contribution < 1.29 is 14.3 Å². The number of carbonyl (C=O) groups is 2. The van der Waals surface area contributed by atoms with Crippen molar-refractivity contribution in [1.29, 1.82) is 0 Å². The van der Waals surface area contributed by atoms with Gasteiger partial charge in [0.15, 0.2) is 0 Å². The summed E-state index contributed by atoms with van der Waals surface area (Å²) in [7, 11) is 1.53. The van der Waals surface area contributed by atoms with E-state index >= 15 is 0 Å². The van der Waals surface area contributed by atoms with Crippen LogP contribution in [-0.2, 0) is 20.9 Å². The molecular formula is C16H21N3O3. The lowest BCUT2D eigenvalue weighted by Gasteiger charge is -2.39. The SMILES string of the molecule is COCC(=O)N1CC[C@H]2[C@@H]1CCC(=O)N2Cc1ccncc1. The van der Waals surface area contributed by atoms with Crippen molar-refractivity contribution in [2.75, 3.05) is 20.3 Å². The van der Waals surface area contributed by atoms with Gasteiger partial charge in [-0.3, -0.25) is 14.6 Å². The van der Waals surface area contributed by atoms with Crippen LogP contribution in [0.4, 0.5) is 0 Å². The fourth-order valence-corrected chi connectivity index (χ4v) is 3.56. The predicted molar refractivity (Wildman–Crippen MR) is 79.8 cm³/mol. The van der Waals surface area contributed by atoms with Crippen LogP contribution < -0.4 is 0 Å². The minimum atomic E-state index is 0.0215. The number of hydrogen-bond acceptors (Lipinski definition) is 4. The lowest BCUT2D eigenvalue weighted by molar-refractivity contribution is -0.144. The maximum atomic E-state index is 12.3. The van der Waals surface area contributed by atoms with Crippen LogP contribution in [0.3, 0.4) is 0 Å². The number of piperidine rings is 1. The van der Waals surface area contributed by atoms with Crippen LogP contribution in [0.2, 0.25) is 0 Å². The summed E-state index contributed by atoms with van der Waals surface area (Å²) in [5, 5.41) is 0. The molecule has 2 atom stereocenters. The van der Waals surface area contributed by atoms with E-state index in [4.69, 9.17) is 4.74 Å². The maximum Gasteiger partial charge on any atom is 0.248 e. The van der Waals surface area contributed by atoms with Gasteiger partial charge in [-0.1, -0.05) is 0 Å². The van der Waals surface area contributed by atoms with Gasteiger partial charge in [0.1, 0.15) is 6.61 Å². The summed E-state index contributed by atoms with van der Waals surface area (Å²) in [5.74, 6) is 0.201. The molecule has 2 saturated heterocycles. The van der Waals surface area contributed by atoms with E-state index in [2.05, 4.69) is 4.98 Å². The molecular weight excluding hydrogens is 282 g/mol. The van der Waals surface area contributed by atoms with Crippen molar-refractivity contribution in [3.63, 3.8) is 0 Å². The summed E-state index contributed by atoms with van der Waals surface area (Å²) in [6, 6.07) is 4.11. The number of rotatable bonds is 4. The van der Waals surface area contributed by atoms with E-state index in [9.17, 15) is 9.59 Å². The molecule has 2 amide bonds. The minimum Gasteiger partial charge on any atom is -0.375 e. The number of carbonyl (C=O) groups excluding carboxylic acids is 2. The van der Waals surface area contributed by atoms with Gasteiger partial charge in [-0.25, -0.2) is 0 Å². The largest absolute Gasteiger partial charge is 0.375 e. The Balaban J connectivity index is 1.74. The Labute approximate surface area is 130 Å². The Morgan fingerprint density at radius 1 is 1.32 bits per heavy atom. The van der Waals surface area contributed by atoms with Crippen LogP contribution in [0.1, 0.15) is 24.8 Å². The zero-order valence-electron chi connectivity index (χ0n) is 12.8. The molecule has 22 heavy (non-hydrogen) atoms. The highest BCUT2D eigenvalue weighted by Crippen LogP contribution is 2.32.